The molecule has 1 aliphatic rings. The summed E-state index contributed by atoms with van der Waals surface area (Å²) in [5, 5.41) is 19.0. The van der Waals surface area contributed by atoms with Crippen molar-refractivity contribution in [3.8, 4) is 17.0 Å². The Kier molecular flexibility index (Phi) is 2.37. The topological polar surface area (TPSA) is 58.3 Å². The van der Waals surface area contributed by atoms with E-state index in [0.717, 1.165) is 29.9 Å². The maximum Gasteiger partial charge on any atom is 0.116 e. The second kappa shape index (κ2) is 3.89. The van der Waals surface area contributed by atoms with Crippen molar-refractivity contribution in [3.63, 3.8) is 0 Å². The van der Waals surface area contributed by atoms with Gasteiger partial charge in [0.05, 0.1) is 11.8 Å². The van der Waals surface area contributed by atoms with Gasteiger partial charge in [0.25, 0.3) is 0 Å². The van der Waals surface area contributed by atoms with Gasteiger partial charge in [-0.1, -0.05) is 12.1 Å². The van der Waals surface area contributed by atoms with Crippen molar-refractivity contribution in [1.82, 2.24) is 9.55 Å². The first-order valence-electron chi connectivity index (χ1n) is 5.76. The summed E-state index contributed by atoms with van der Waals surface area (Å²) < 4.78 is 1.99. The van der Waals surface area contributed by atoms with Crippen LogP contribution in [0, 0.1) is 0 Å². The third kappa shape index (κ3) is 1.91. The van der Waals surface area contributed by atoms with E-state index in [9.17, 15) is 10.2 Å². The van der Waals surface area contributed by atoms with Crippen LogP contribution in [0.4, 0.5) is 0 Å². The SMILES string of the molecule is Oc1cccc(-c2cn3c(n2)CCC(O)C3)c1. The molecule has 1 unspecified atom stereocenters. The van der Waals surface area contributed by atoms with Gasteiger partial charge in [0.15, 0.2) is 0 Å². The number of hydrogen-bond acceptors (Lipinski definition) is 3. The van der Waals surface area contributed by atoms with Crippen LogP contribution in [0.1, 0.15) is 12.2 Å². The predicted molar refractivity (Wildman–Crippen MR) is 63.7 cm³/mol. The lowest BCUT2D eigenvalue weighted by Crippen LogP contribution is -2.23. The Morgan fingerprint density at radius 3 is 3.06 bits per heavy atom. The zero-order valence-corrected chi connectivity index (χ0v) is 9.37. The van der Waals surface area contributed by atoms with Gasteiger partial charge in [0.1, 0.15) is 11.6 Å². The molecule has 4 nitrogen and oxygen atoms in total. The first kappa shape index (κ1) is 10.4. The first-order chi connectivity index (χ1) is 8.22. The summed E-state index contributed by atoms with van der Waals surface area (Å²) in [6, 6.07) is 7.07. The molecule has 2 aromatic rings. The van der Waals surface area contributed by atoms with E-state index < -0.39 is 0 Å². The predicted octanol–water partition coefficient (Wildman–Crippen LogP) is 1.56. The van der Waals surface area contributed by atoms with Crippen molar-refractivity contribution in [2.45, 2.75) is 25.5 Å². The van der Waals surface area contributed by atoms with Gasteiger partial charge in [-0.05, 0) is 18.6 Å². The van der Waals surface area contributed by atoms with E-state index in [1.165, 1.54) is 0 Å². The van der Waals surface area contributed by atoms with E-state index in [1.54, 1.807) is 18.2 Å². The standard InChI is InChI=1S/C13H14N2O2/c16-10-3-1-2-9(6-10)12-8-15-7-11(17)4-5-13(15)14-12/h1-3,6,8,11,16-17H,4-5,7H2. The number of nitrogens with zero attached hydrogens (tertiary/aromatic N) is 2. The molecule has 0 radical (unpaired) electrons. The fraction of sp³-hybridized carbons (Fsp3) is 0.308. The fourth-order valence-electron chi connectivity index (χ4n) is 2.23. The zero-order chi connectivity index (χ0) is 11.8. The molecule has 1 aliphatic heterocycles. The number of aliphatic hydroxyl groups excluding tert-OH is 1. The summed E-state index contributed by atoms with van der Waals surface area (Å²) in [6.07, 6.45) is 3.25. The van der Waals surface area contributed by atoms with Crippen molar-refractivity contribution in [1.29, 1.82) is 0 Å². The molecule has 0 fully saturated rings. The number of rotatable bonds is 1. The van der Waals surface area contributed by atoms with Crippen molar-refractivity contribution in [2.75, 3.05) is 0 Å². The number of fused-ring (bicyclic) bond motifs is 1. The summed E-state index contributed by atoms with van der Waals surface area (Å²) in [6.45, 7) is 0.612. The molecule has 3 rings (SSSR count). The minimum Gasteiger partial charge on any atom is -0.508 e. The summed E-state index contributed by atoms with van der Waals surface area (Å²) in [7, 11) is 0. The zero-order valence-electron chi connectivity index (χ0n) is 9.37. The molecule has 0 bridgehead atoms. The van der Waals surface area contributed by atoms with E-state index in [2.05, 4.69) is 4.98 Å². The van der Waals surface area contributed by atoms with E-state index in [0.29, 0.717) is 6.54 Å². The Balaban J connectivity index is 2.00. The Morgan fingerprint density at radius 2 is 2.24 bits per heavy atom. The number of aromatic nitrogens is 2. The fourth-order valence-corrected chi connectivity index (χ4v) is 2.23. The summed E-state index contributed by atoms with van der Waals surface area (Å²) >= 11 is 0. The largest absolute Gasteiger partial charge is 0.508 e. The molecule has 0 saturated heterocycles. The van der Waals surface area contributed by atoms with Gasteiger partial charge in [-0.3, -0.25) is 0 Å². The van der Waals surface area contributed by atoms with Crippen LogP contribution in [0.25, 0.3) is 11.3 Å². The second-order valence-electron chi connectivity index (χ2n) is 4.44. The molecule has 0 saturated carbocycles. The lowest BCUT2D eigenvalue weighted by Gasteiger charge is -2.18. The number of aromatic hydroxyl groups is 1. The molecular formula is C13H14N2O2. The molecule has 0 aliphatic carbocycles. The van der Waals surface area contributed by atoms with Gasteiger partial charge in [0, 0.05) is 24.7 Å². The third-order valence-electron chi connectivity index (χ3n) is 3.11. The van der Waals surface area contributed by atoms with Gasteiger partial charge in [-0.25, -0.2) is 4.98 Å². The molecular weight excluding hydrogens is 216 g/mol. The Hall–Kier alpha value is -1.81. The molecule has 0 spiro atoms. The van der Waals surface area contributed by atoms with Gasteiger partial charge in [0.2, 0.25) is 0 Å². The monoisotopic (exact) mass is 230 g/mol. The summed E-state index contributed by atoms with van der Waals surface area (Å²) in [5.41, 5.74) is 1.76. The highest BCUT2D eigenvalue weighted by Gasteiger charge is 2.18. The lowest BCUT2D eigenvalue weighted by molar-refractivity contribution is 0.130. The van der Waals surface area contributed by atoms with E-state index >= 15 is 0 Å². The average Bonchev–Trinajstić information content (AvgIpc) is 2.72. The molecule has 17 heavy (non-hydrogen) atoms. The maximum absolute atomic E-state index is 9.59. The average molecular weight is 230 g/mol. The Morgan fingerprint density at radius 1 is 1.35 bits per heavy atom. The summed E-state index contributed by atoms with van der Waals surface area (Å²) in [4.78, 5) is 4.54. The summed E-state index contributed by atoms with van der Waals surface area (Å²) in [5.74, 6) is 1.25. The number of benzene rings is 1. The number of phenolic OH excluding ortho intramolecular Hbond substituents is 1. The van der Waals surface area contributed by atoms with Gasteiger partial charge >= 0.3 is 0 Å². The molecule has 1 atom stereocenters. The Bertz CT molecular complexity index is 548. The molecule has 2 heterocycles. The molecule has 2 N–H and O–H groups in total. The van der Waals surface area contributed by atoms with Crippen LogP contribution in [-0.2, 0) is 13.0 Å². The number of aryl methyl sites for hydroxylation is 1. The van der Waals surface area contributed by atoms with Crippen molar-refractivity contribution < 1.29 is 10.2 Å². The first-order valence-corrected chi connectivity index (χ1v) is 5.76. The van der Waals surface area contributed by atoms with Gasteiger partial charge < -0.3 is 14.8 Å². The highest BCUT2D eigenvalue weighted by atomic mass is 16.3. The van der Waals surface area contributed by atoms with Crippen LogP contribution in [0.5, 0.6) is 5.75 Å². The lowest BCUT2D eigenvalue weighted by atomic mass is 10.1. The van der Waals surface area contributed by atoms with Crippen LogP contribution in [0.2, 0.25) is 0 Å². The van der Waals surface area contributed by atoms with Crippen LogP contribution in [0.3, 0.4) is 0 Å². The maximum atomic E-state index is 9.59. The van der Waals surface area contributed by atoms with Crippen molar-refractivity contribution in [3.05, 3.63) is 36.3 Å². The molecule has 4 heteroatoms. The van der Waals surface area contributed by atoms with E-state index in [1.807, 2.05) is 16.8 Å². The third-order valence-corrected chi connectivity index (χ3v) is 3.11. The van der Waals surface area contributed by atoms with Gasteiger partial charge in [-0.2, -0.15) is 0 Å². The van der Waals surface area contributed by atoms with Crippen LogP contribution >= 0.6 is 0 Å². The van der Waals surface area contributed by atoms with Crippen LogP contribution < -0.4 is 0 Å². The van der Waals surface area contributed by atoms with Gasteiger partial charge in [-0.15, -0.1) is 0 Å². The number of phenols is 1. The quantitative estimate of drug-likeness (QED) is 0.781. The van der Waals surface area contributed by atoms with Crippen LogP contribution in [-0.4, -0.2) is 25.9 Å². The van der Waals surface area contributed by atoms with E-state index in [4.69, 9.17) is 0 Å². The van der Waals surface area contributed by atoms with E-state index in [-0.39, 0.29) is 11.9 Å². The highest BCUT2D eigenvalue weighted by molar-refractivity contribution is 5.60. The molecule has 88 valence electrons. The smallest absolute Gasteiger partial charge is 0.116 e. The molecule has 1 aromatic heterocycles. The number of imidazole rings is 1. The number of aliphatic hydroxyl groups is 1. The molecule has 0 amide bonds. The Labute approximate surface area is 99.2 Å². The number of hydrogen-bond donors (Lipinski definition) is 2. The second-order valence-corrected chi connectivity index (χ2v) is 4.44. The normalized spacial score (nSPS) is 19.0. The van der Waals surface area contributed by atoms with Crippen molar-refractivity contribution in [2.24, 2.45) is 0 Å². The van der Waals surface area contributed by atoms with Crippen LogP contribution in [0.15, 0.2) is 30.5 Å². The minimum atomic E-state index is -0.270. The highest BCUT2D eigenvalue weighted by Crippen LogP contribution is 2.25. The van der Waals surface area contributed by atoms with Crippen molar-refractivity contribution >= 4 is 0 Å². The minimum absolute atomic E-state index is 0.244. The molecule has 1 aromatic carbocycles.